The van der Waals surface area contributed by atoms with Crippen molar-refractivity contribution < 1.29 is 0 Å². The van der Waals surface area contributed by atoms with Gasteiger partial charge >= 0.3 is 0 Å². The van der Waals surface area contributed by atoms with E-state index in [2.05, 4.69) is 72.5 Å². The van der Waals surface area contributed by atoms with Gasteiger partial charge < -0.3 is 15.2 Å². The highest BCUT2D eigenvalue weighted by Gasteiger charge is 2.27. The van der Waals surface area contributed by atoms with Gasteiger partial charge in [-0.2, -0.15) is 0 Å². The Labute approximate surface area is 160 Å². The molecule has 0 saturated carbocycles. The summed E-state index contributed by atoms with van der Waals surface area (Å²) in [5, 5.41) is 15.5. The Bertz CT molecular complexity index is 783. The number of hydrogen-bond donors (Lipinski definition) is 2. The maximum absolute atomic E-state index is 4.39. The fourth-order valence-electron chi connectivity index (χ4n) is 4.09. The van der Waals surface area contributed by atoms with Crippen LogP contribution in [0.15, 0.2) is 35.3 Å². The molecule has 2 aliphatic rings. The van der Waals surface area contributed by atoms with E-state index in [-0.39, 0.29) is 0 Å². The van der Waals surface area contributed by atoms with Crippen molar-refractivity contribution in [3.05, 3.63) is 47.5 Å². The summed E-state index contributed by atoms with van der Waals surface area (Å²) in [6.07, 6.45) is 3.33. The smallest absolute Gasteiger partial charge is 0.191 e. The zero-order chi connectivity index (χ0) is 18.6. The molecule has 27 heavy (non-hydrogen) atoms. The number of likely N-dealkylation sites (tertiary alicyclic amines) is 1. The predicted octanol–water partition coefficient (Wildman–Crippen LogP) is 1.72. The van der Waals surface area contributed by atoms with Gasteiger partial charge in [0.05, 0.1) is 6.54 Å². The molecule has 7 nitrogen and oxygen atoms in total. The van der Waals surface area contributed by atoms with Crippen LogP contribution in [0.4, 0.5) is 0 Å². The van der Waals surface area contributed by atoms with Gasteiger partial charge in [0.1, 0.15) is 5.82 Å². The lowest BCUT2D eigenvalue weighted by Gasteiger charge is -2.25. The largest absolute Gasteiger partial charge is 0.352 e. The third-order valence-electron chi connectivity index (χ3n) is 5.71. The normalized spacial score (nSPS) is 21.3. The number of nitrogens with zero attached hydrogens (tertiary/aromatic N) is 5. The van der Waals surface area contributed by atoms with E-state index in [0.717, 1.165) is 50.1 Å². The number of nitrogens with one attached hydrogen (secondary N) is 2. The van der Waals surface area contributed by atoms with Crippen molar-refractivity contribution in [2.24, 2.45) is 4.99 Å². The van der Waals surface area contributed by atoms with Crippen LogP contribution in [0.25, 0.3) is 0 Å². The molecule has 1 aromatic heterocycles. The van der Waals surface area contributed by atoms with Crippen molar-refractivity contribution in [1.29, 1.82) is 0 Å². The summed E-state index contributed by atoms with van der Waals surface area (Å²) in [7, 11) is 1.82. The Balaban J connectivity index is 1.29. The molecule has 0 bridgehead atoms. The first-order chi connectivity index (χ1) is 13.2. The fraction of sp³-hybridized carbons (Fsp3) is 0.550. The second-order valence-corrected chi connectivity index (χ2v) is 7.42. The molecule has 0 radical (unpaired) electrons. The molecule has 2 unspecified atom stereocenters. The van der Waals surface area contributed by atoms with Gasteiger partial charge in [-0.15, -0.1) is 10.2 Å². The number of aromatic nitrogens is 3. The summed E-state index contributed by atoms with van der Waals surface area (Å²) in [6.45, 7) is 6.10. The highest BCUT2D eigenvalue weighted by molar-refractivity contribution is 5.79. The van der Waals surface area contributed by atoms with Crippen molar-refractivity contribution in [1.82, 2.24) is 30.3 Å². The molecule has 2 aromatic rings. The Morgan fingerprint density at radius 1 is 1.26 bits per heavy atom. The van der Waals surface area contributed by atoms with Gasteiger partial charge in [-0.05, 0) is 25.3 Å². The molecule has 1 fully saturated rings. The predicted molar refractivity (Wildman–Crippen MR) is 107 cm³/mol. The van der Waals surface area contributed by atoms with E-state index in [9.17, 15) is 0 Å². The molecule has 4 rings (SSSR count). The first-order valence-corrected chi connectivity index (χ1v) is 9.91. The van der Waals surface area contributed by atoms with E-state index in [1.54, 1.807) is 0 Å². The molecule has 1 aromatic carbocycles. The first kappa shape index (κ1) is 18.0. The maximum Gasteiger partial charge on any atom is 0.191 e. The van der Waals surface area contributed by atoms with Gasteiger partial charge in [0, 0.05) is 45.2 Å². The minimum atomic E-state index is 0.409. The SMILES string of the molecule is CN=C(NCc1nnc2n1CCC2)NC1CCN(C(C)c2ccccc2)C1. The van der Waals surface area contributed by atoms with Crippen LogP contribution < -0.4 is 10.6 Å². The van der Waals surface area contributed by atoms with Gasteiger partial charge in [-0.3, -0.25) is 9.89 Å². The number of aryl methyl sites for hydroxylation is 1. The monoisotopic (exact) mass is 367 g/mol. The van der Waals surface area contributed by atoms with Crippen LogP contribution in [0.2, 0.25) is 0 Å². The van der Waals surface area contributed by atoms with E-state index in [0.29, 0.717) is 18.6 Å². The molecular weight excluding hydrogens is 338 g/mol. The number of benzene rings is 1. The summed E-state index contributed by atoms with van der Waals surface area (Å²) >= 11 is 0. The van der Waals surface area contributed by atoms with Crippen molar-refractivity contribution in [3.8, 4) is 0 Å². The van der Waals surface area contributed by atoms with E-state index in [4.69, 9.17) is 0 Å². The number of rotatable bonds is 5. The number of hydrogen-bond acceptors (Lipinski definition) is 4. The highest BCUT2D eigenvalue weighted by atomic mass is 15.3. The number of guanidine groups is 1. The van der Waals surface area contributed by atoms with E-state index in [1.807, 2.05) is 7.05 Å². The molecule has 0 amide bonds. The van der Waals surface area contributed by atoms with Crippen LogP contribution in [-0.4, -0.2) is 51.8 Å². The van der Waals surface area contributed by atoms with E-state index in [1.165, 1.54) is 12.0 Å². The Morgan fingerprint density at radius 2 is 2.11 bits per heavy atom. The van der Waals surface area contributed by atoms with Crippen molar-refractivity contribution in [3.63, 3.8) is 0 Å². The summed E-state index contributed by atoms with van der Waals surface area (Å²) in [4.78, 5) is 6.92. The summed E-state index contributed by atoms with van der Waals surface area (Å²) in [5.74, 6) is 2.94. The van der Waals surface area contributed by atoms with Crippen LogP contribution in [0.1, 0.15) is 43.0 Å². The van der Waals surface area contributed by atoms with Crippen molar-refractivity contribution in [2.45, 2.75) is 51.4 Å². The molecule has 144 valence electrons. The highest BCUT2D eigenvalue weighted by Crippen LogP contribution is 2.24. The van der Waals surface area contributed by atoms with Gasteiger partial charge in [-0.25, -0.2) is 0 Å². The second-order valence-electron chi connectivity index (χ2n) is 7.42. The molecule has 3 heterocycles. The minimum Gasteiger partial charge on any atom is -0.352 e. The van der Waals surface area contributed by atoms with Crippen LogP contribution >= 0.6 is 0 Å². The molecule has 0 spiro atoms. The molecular formula is C20H29N7. The molecule has 2 atom stereocenters. The van der Waals surface area contributed by atoms with Crippen LogP contribution in [0.3, 0.4) is 0 Å². The molecule has 2 N–H and O–H groups in total. The lowest BCUT2D eigenvalue weighted by Crippen LogP contribution is -2.44. The van der Waals surface area contributed by atoms with Crippen molar-refractivity contribution >= 4 is 5.96 Å². The van der Waals surface area contributed by atoms with Crippen LogP contribution in [-0.2, 0) is 19.5 Å². The summed E-state index contributed by atoms with van der Waals surface area (Å²) in [5.41, 5.74) is 1.38. The first-order valence-electron chi connectivity index (χ1n) is 9.91. The fourth-order valence-corrected chi connectivity index (χ4v) is 4.09. The van der Waals surface area contributed by atoms with Gasteiger partial charge in [0.25, 0.3) is 0 Å². The van der Waals surface area contributed by atoms with E-state index < -0.39 is 0 Å². The third-order valence-corrected chi connectivity index (χ3v) is 5.71. The van der Waals surface area contributed by atoms with Gasteiger partial charge in [-0.1, -0.05) is 30.3 Å². The van der Waals surface area contributed by atoms with Crippen LogP contribution in [0.5, 0.6) is 0 Å². The molecule has 7 heteroatoms. The van der Waals surface area contributed by atoms with Crippen LogP contribution in [0, 0.1) is 0 Å². The Kier molecular flexibility index (Phi) is 5.38. The number of aliphatic imine (C=N–C) groups is 1. The molecule has 0 aliphatic carbocycles. The maximum atomic E-state index is 4.39. The summed E-state index contributed by atoms with van der Waals surface area (Å²) < 4.78 is 2.22. The number of fused-ring (bicyclic) bond motifs is 1. The molecule has 1 saturated heterocycles. The Hall–Kier alpha value is -2.41. The average molecular weight is 368 g/mol. The Morgan fingerprint density at radius 3 is 2.93 bits per heavy atom. The molecule has 2 aliphatic heterocycles. The van der Waals surface area contributed by atoms with Crippen molar-refractivity contribution in [2.75, 3.05) is 20.1 Å². The standard InChI is InChI=1S/C20H29N7/c1-15(16-7-4-3-5-8-16)26-12-10-17(14-26)23-20(21-2)22-13-19-25-24-18-9-6-11-27(18)19/h3-5,7-8,15,17H,6,9-14H2,1-2H3,(H2,21,22,23). The van der Waals surface area contributed by atoms with Gasteiger partial charge in [0.2, 0.25) is 0 Å². The third kappa shape index (κ3) is 3.98. The quantitative estimate of drug-likeness (QED) is 0.622. The summed E-state index contributed by atoms with van der Waals surface area (Å²) in [6, 6.07) is 11.6. The zero-order valence-electron chi connectivity index (χ0n) is 16.2. The average Bonchev–Trinajstić information content (AvgIpc) is 3.43. The van der Waals surface area contributed by atoms with Gasteiger partial charge in [0.15, 0.2) is 11.8 Å². The lowest BCUT2D eigenvalue weighted by atomic mass is 10.1. The lowest BCUT2D eigenvalue weighted by molar-refractivity contribution is 0.258. The van der Waals surface area contributed by atoms with E-state index >= 15 is 0 Å². The topological polar surface area (TPSA) is 70.4 Å². The minimum absolute atomic E-state index is 0.409. The zero-order valence-corrected chi connectivity index (χ0v) is 16.2. The second kappa shape index (κ2) is 8.08.